The Kier molecular flexibility index (Phi) is 2.75. The van der Waals surface area contributed by atoms with Crippen molar-refractivity contribution in [3.05, 3.63) is 35.4 Å². The molecule has 1 N–H and O–H groups in total. The van der Waals surface area contributed by atoms with Crippen molar-refractivity contribution in [2.24, 2.45) is 0 Å². The molecular formula is C12H14N2O3. The summed E-state index contributed by atoms with van der Waals surface area (Å²) >= 11 is 0. The molecule has 0 spiro atoms. The Morgan fingerprint density at radius 1 is 1.53 bits per heavy atom. The summed E-state index contributed by atoms with van der Waals surface area (Å²) < 4.78 is 5.27. The zero-order chi connectivity index (χ0) is 12.6. The van der Waals surface area contributed by atoms with E-state index < -0.39 is 6.04 Å². The van der Waals surface area contributed by atoms with Crippen molar-refractivity contribution in [2.75, 3.05) is 7.05 Å². The third-order valence-electron chi connectivity index (χ3n) is 2.96. The maximum absolute atomic E-state index is 11.7. The molecule has 5 nitrogen and oxygen atoms in total. The molecule has 0 radical (unpaired) electrons. The summed E-state index contributed by atoms with van der Waals surface area (Å²) in [5.41, 5.74) is 1.21. The van der Waals surface area contributed by atoms with Gasteiger partial charge in [-0.05, 0) is 26.0 Å². The van der Waals surface area contributed by atoms with Crippen molar-refractivity contribution in [2.45, 2.75) is 19.9 Å². The van der Waals surface area contributed by atoms with Crippen LogP contribution in [0.25, 0.3) is 0 Å². The highest BCUT2D eigenvalue weighted by Gasteiger charge is 2.33. The second-order valence-electron chi connectivity index (χ2n) is 4.01. The summed E-state index contributed by atoms with van der Waals surface area (Å²) in [5.74, 6) is 0.492. The van der Waals surface area contributed by atoms with Crippen LogP contribution in [-0.2, 0) is 4.79 Å². The van der Waals surface area contributed by atoms with Crippen molar-refractivity contribution in [3.8, 4) is 0 Å². The summed E-state index contributed by atoms with van der Waals surface area (Å²) in [5, 5.41) is 2.74. The van der Waals surface area contributed by atoms with Gasteiger partial charge in [0.25, 0.3) is 0 Å². The van der Waals surface area contributed by atoms with Gasteiger partial charge >= 0.3 is 6.03 Å². The average molecular weight is 234 g/mol. The highest BCUT2D eigenvalue weighted by atomic mass is 16.3. The second kappa shape index (κ2) is 4.08. The molecule has 1 aromatic rings. The summed E-state index contributed by atoms with van der Waals surface area (Å²) in [6, 6.07) is 2.74. The first-order valence-corrected chi connectivity index (χ1v) is 5.31. The van der Waals surface area contributed by atoms with Crippen LogP contribution in [0.15, 0.2) is 34.1 Å². The number of Topliss-reactive ketones (excluding diaryl/α,β-unsaturated/α-hetero) is 1. The predicted octanol–water partition coefficient (Wildman–Crippen LogP) is 1.84. The summed E-state index contributed by atoms with van der Waals surface area (Å²) in [6.45, 7) is 3.24. The molecule has 1 aliphatic heterocycles. The van der Waals surface area contributed by atoms with E-state index in [9.17, 15) is 9.59 Å². The van der Waals surface area contributed by atoms with E-state index in [4.69, 9.17) is 4.42 Å². The van der Waals surface area contributed by atoms with Gasteiger partial charge in [0.05, 0.1) is 6.26 Å². The van der Waals surface area contributed by atoms with Crippen LogP contribution in [0.1, 0.15) is 25.6 Å². The van der Waals surface area contributed by atoms with Gasteiger partial charge in [0.15, 0.2) is 5.78 Å². The number of urea groups is 1. The van der Waals surface area contributed by atoms with Gasteiger partial charge < -0.3 is 14.6 Å². The molecule has 0 fully saturated rings. The normalized spacial score (nSPS) is 20.5. The lowest BCUT2D eigenvalue weighted by atomic mass is 9.97. The Hall–Kier alpha value is -2.04. The molecule has 0 bridgehead atoms. The summed E-state index contributed by atoms with van der Waals surface area (Å²) in [7, 11) is 1.63. The highest BCUT2D eigenvalue weighted by molar-refractivity contribution is 5.98. The third-order valence-corrected chi connectivity index (χ3v) is 2.96. The van der Waals surface area contributed by atoms with E-state index in [-0.39, 0.29) is 11.8 Å². The minimum atomic E-state index is -0.494. The zero-order valence-corrected chi connectivity index (χ0v) is 9.98. The van der Waals surface area contributed by atoms with Crippen LogP contribution in [0.2, 0.25) is 0 Å². The molecule has 90 valence electrons. The summed E-state index contributed by atoms with van der Waals surface area (Å²) in [4.78, 5) is 24.8. The van der Waals surface area contributed by atoms with Crippen LogP contribution in [0.5, 0.6) is 0 Å². The largest absolute Gasteiger partial charge is 0.467 e. The van der Waals surface area contributed by atoms with Gasteiger partial charge in [-0.15, -0.1) is 0 Å². The van der Waals surface area contributed by atoms with E-state index in [1.54, 1.807) is 26.1 Å². The molecule has 1 atom stereocenters. The van der Waals surface area contributed by atoms with E-state index in [1.807, 2.05) is 0 Å². The molecule has 1 aliphatic rings. The first kappa shape index (κ1) is 11.4. The van der Waals surface area contributed by atoms with Gasteiger partial charge in [-0.2, -0.15) is 0 Å². The van der Waals surface area contributed by atoms with Crippen LogP contribution in [0.4, 0.5) is 4.79 Å². The molecule has 2 heterocycles. The number of hydrogen-bond acceptors (Lipinski definition) is 3. The van der Waals surface area contributed by atoms with E-state index >= 15 is 0 Å². The molecule has 0 saturated heterocycles. The zero-order valence-electron chi connectivity index (χ0n) is 9.98. The molecule has 1 aromatic heterocycles. The first-order valence-electron chi connectivity index (χ1n) is 5.31. The Morgan fingerprint density at radius 2 is 2.24 bits per heavy atom. The van der Waals surface area contributed by atoms with E-state index in [0.717, 1.165) is 0 Å². The number of hydrogen-bond donors (Lipinski definition) is 1. The number of allylic oxidation sites excluding steroid dienone is 1. The predicted molar refractivity (Wildman–Crippen MR) is 61.1 cm³/mol. The quantitative estimate of drug-likeness (QED) is 0.849. The molecule has 17 heavy (non-hydrogen) atoms. The molecular weight excluding hydrogens is 220 g/mol. The Labute approximate surface area is 99.1 Å². The lowest BCUT2D eigenvalue weighted by molar-refractivity contribution is -0.114. The van der Waals surface area contributed by atoms with Gasteiger partial charge in [-0.1, -0.05) is 0 Å². The smallest absolute Gasteiger partial charge is 0.322 e. The Bertz CT molecular complexity index is 488. The van der Waals surface area contributed by atoms with Crippen molar-refractivity contribution in [3.63, 3.8) is 0 Å². The fourth-order valence-electron chi connectivity index (χ4n) is 1.96. The van der Waals surface area contributed by atoms with Gasteiger partial charge in [-0.25, -0.2) is 4.79 Å². The monoisotopic (exact) mass is 234 g/mol. The van der Waals surface area contributed by atoms with Gasteiger partial charge in [0.2, 0.25) is 0 Å². The second-order valence-corrected chi connectivity index (χ2v) is 4.01. The lowest BCUT2D eigenvalue weighted by Crippen LogP contribution is -2.45. The molecule has 5 heteroatoms. The number of carbonyl (C=O) groups is 2. The number of nitrogens with zero attached hydrogens (tertiary/aromatic N) is 1. The fraction of sp³-hybridized carbons (Fsp3) is 0.333. The number of nitrogens with one attached hydrogen (secondary N) is 1. The topological polar surface area (TPSA) is 62.6 Å². The van der Waals surface area contributed by atoms with E-state index in [0.29, 0.717) is 17.0 Å². The maximum Gasteiger partial charge on any atom is 0.322 e. The first-order chi connectivity index (χ1) is 8.02. The molecule has 2 amide bonds. The molecule has 0 aromatic carbocycles. The number of furan rings is 1. The van der Waals surface area contributed by atoms with Crippen molar-refractivity contribution >= 4 is 11.8 Å². The standard InChI is InChI=1S/C12H14N2O3/c1-7-10(8(2)15)11(9-5-4-6-17-9)13-12(16)14(7)3/h4-6,11H,1-3H3,(H,13,16)/t11-/m1/s1. The molecule has 0 aliphatic carbocycles. The molecule has 0 saturated carbocycles. The van der Waals surface area contributed by atoms with Crippen LogP contribution in [-0.4, -0.2) is 23.8 Å². The fourth-order valence-corrected chi connectivity index (χ4v) is 1.96. The Morgan fingerprint density at radius 3 is 2.76 bits per heavy atom. The Balaban J connectivity index is 2.51. The average Bonchev–Trinajstić information content (AvgIpc) is 2.77. The van der Waals surface area contributed by atoms with Crippen LogP contribution in [0.3, 0.4) is 0 Å². The minimum Gasteiger partial charge on any atom is -0.467 e. The number of amides is 2. The van der Waals surface area contributed by atoms with Crippen LogP contribution < -0.4 is 5.32 Å². The SMILES string of the molecule is CC(=O)C1=C(C)N(C)C(=O)N[C@@H]1c1ccco1. The number of rotatable bonds is 2. The van der Waals surface area contributed by atoms with Gasteiger partial charge in [-0.3, -0.25) is 4.79 Å². The van der Waals surface area contributed by atoms with Crippen molar-refractivity contribution in [1.29, 1.82) is 0 Å². The van der Waals surface area contributed by atoms with E-state index in [1.165, 1.54) is 18.1 Å². The number of carbonyl (C=O) groups excluding carboxylic acids is 2. The van der Waals surface area contributed by atoms with Crippen LogP contribution in [0, 0.1) is 0 Å². The third kappa shape index (κ3) is 1.84. The number of ketones is 1. The van der Waals surface area contributed by atoms with Gasteiger partial charge in [0.1, 0.15) is 11.8 Å². The highest BCUT2D eigenvalue weighted by Crippen LogP contribution is 2.30. The minimum absolute atomic E-state index is 0.0734. The lowest BCUT2D eigenvalue weighted by Gasteiger charge is -2.32. The van der Waals surface area contributed by atoms with E-state index in [2.05, 4.69) is 5.32 Å². The molecule has 2 rings (SSSR count). The molecule has 0 unspecified atom stereocenters. The van der Waals surface area contributed by atoms with Crippen LogP contribution >= 0.6 is 0 Å². The maximum atomic E-state index is 11.7. The van der Waals surface area contributed by atoms with Crippen molar-refractivity contribution < 1.29 is 14.0 Å². The van der Waals surface area contributed by atoms with Crippen molar-refractivity contribution in [1.82, 2.24) is 10.2 Å². The summed E-state index contributed by atoms with van der Waals surface area (Å²) in [6.07, 6.45) is 1.52. The van der Waals surface area contributed by atoms with Gasteiger partial charge in [0, 0.05) is 18.3 Å².